The van der Waals surface area contributed by atoms with Crippen LogP contribution in [0.2, 0.25) is 0 Å². The van der Waals surface area contributed by atoms with Crippen LogP contribution in [0.25, 0.3) is 5.69 Å². The standard InChI is InChI=1S/C12H13Br2N3OS/c1-3-4-11-15-16-12(19)17(11)9-6-10(18-2)8(14)5-7(9)13/h5-6H,3-4H2,1-2H3,(H,16,19). The molecule has 0 fully saturated rings. The molecular weight excluding hydrogens is 394 g/mol. The SMILES string of the molecule is CCCc1n[nH]c(=S)n1-c1cc(OC)c(Br)cc1Br. The summed E-state index contributed by atoms with van der Waals surface area (Å²) in [7, 11) is 1.64. The Morgan fingerprint density at radius 1 is 1.37 bits per heavy atom. The number of ether oxygens (including phenoxy) is 1. The van der Waals surface area contributed by atoms with Gasteiger partial charge in [-0.1, -0.05) is 6.92 Å². The van der Waals surface area contributed by atoms with Gasteiger partial charge in [0, 0.05) is 17.0 Å². The number of aromatic nitrogens is 3. The van der Waals surface area contributed by atoms with Crippen molar-refractivity contribution in [1.82, 2.24) is 14.8 Å². The first-order chi connectivity index (χ1) is 9.08. The molecule has 1 aromatic heterocycles. The fraction of sp³-hybridized carbons (Fsp3) is 0.333. The third kappa shape index (κ3) is 2.93. The minimum Gasteiger partial charge on any atom is -0.495 e. The van der Waals surface area contributed by atoms with Crippen molar-refractivity contribution < 1.29 is 4.74 Å². The molecule has 0 amide bonds. The molecule has 1 heterocycles. The van der Waals surface area contributed by atoms with Crippen LogP contribution in [0, 0.1) is 4.77 Å². The summed E-state index contributed by atoms with van der Waals surface area (Å²) in [6, 6.07) is 3.87. The maximum Gasteiger partial charge on any atom is 0.199 e. The van der Waals surface area contributed by atoms with Gasteiger partial charge in [0.2, 0.25) is 0 Å². The molecule has 19 heavy (non-hydrogen) atoms. The predicted octanol–water partition coefficient (Wildman–Crippen LogP) is 4.42. The van der Waals surface area contributed by atoms with Gasteiger partial charge in [-0.2, -0.15) is 5.10 Å². The van der Waals surface area contributed by atoms with Crippen molar-refractivity contribution in [2.24, 2.45) is 0 Å². The zero-order valence-electron chi connectivity index (χ0n) is 10.5. The molecule has 0 saturated heterocycles. The van der Waals surface area contributed by atoms with Crippen molar-refractivity contribution in [3.8, 4) is 11.4 Å². The van der Waals surface area contributed by atoms with E-state index in [0.29, 0.717) is 4.77 Å². The smallest absolute Gasteiger partial charge is 0.199 e. The van der Waals surface area contributed by atoms with E-state index < -0.39 is 0 Å². The van der Waals surface area contributed by atoms with Gasteiger partial charge in [0.15, 0.2) is 4.77 Å². The number of hydrogen-bond donors (Lipinski definition) is 1. The highest BCUT2D eigenvalue weighted by atomic mass is 79.9. The molecule has 0 aliphatic carbocycles. The van der Waals surface area contributed by atoms with Crippen molar-refractivity contribution in [3.05, 3.63) is 31.7 Å². The molecule has 2 aromatic rings. The van der Waals surface area contributed by atoms with Gasteiger partial charge >= 0.3 is 0 Å². The van der Waals surface area contributed by atoms with E-state index >= 15 is 0 Å². The van der Waals surface area contributed by atoms with Crippen molar-refractivity contribution in [1.29, 1.82) is 0 Å². The number of nitrogens with zero attached hydrogens (tertiary/aromatic N) is 2. The van der Waals surface area contributed by atoms with E-state index in [2.05, 4.69) is 49.0 Å². The van der Waals surface area contributed by atoms with Gasteiger partial charge in [-0.15, -0.1) is 0 Å². The van der Waals surface area contributed by atoms with Gasteiger partial charge in [0.05, 0.1) is 17.3 Å². The molecule has 0 saturated carbocycles. The van der Waals surface area contributed by atoms with Crippen LogP contribution >= 0.6 is 44.1 Å². The molecule has 0 bridgehead atoms. The highest BCUT2D eigenvalue weighted by molar-refractivity contribution is 9.11. The second kappa shape index (κ2) is 6.19. The maximum absolute atomic E-state index is 5.33. The Bertz CT molecular complexity index is 651. The maximum atomic E-state index is 5.33. The number of aryl methyl sites for hydroxylation is 1. The second-order valence-electron chi connectivity index (χ2n) is 3.97. The van der Waals surface area contributed by atoms with E-state index in [1.807, 2.05) is 16.7 Å². The molecule has 4 nitrogen and oxygen atoms in total. The summed E-state index contributed by atoms with van der Waals surface area (Å²) in [5.74, 6) is 1.67. The van der Waals surface area contributed by atoms with E-state index in [-0.39, 0.29) is 0 Å². The Balaban J connectivity index is 2.64. The fourth-order valence-corrected chi connectivity index (χ4v) is 3.40. The molecule has 0 spiro atoms. The number of nitrogens with one attached hydrogen (secondary N) is 1. The third-order valence-corrected chi connectivity index (χ3v) is 4.21. The summed E-state index contributed by atoms with van der Waals surface area (Å²) in [5, 5.41) is 7.12. The molecule has 1 aromatic carbocycles. The van der Waals surface area contributed by atoms with Gasteiger partial charge in [-0.25, -0.2) is 0 Å². The molecule has 0 aliphatic heterocycles. The summed E-state index contributed by atoms with van der Waals surface area (Å²) in [5.41, 5.74) is 0.919. The Kier molecular flexibility index (Phi) is 4.81. The highest BCUT2D eigenvalue weighted by Gasteiger charge is 2.13. The first-order valence-electron chi connectivity index (χ1n) is 5.78. The molecular formula is C12H13Br2N3OS. The topological polar surface area (TPSA) is 42.8 Å². The Morgan fingerprint density at radius 2 is 2.11 bits per heavy atom. The number of benzene rings is 1. The lowest BCUT2D eigenvalue weighted by atomic mass is 10.2. The lowest BCUT2D eigenvalue weighted by Crippen LogP contribution is -2.03. The normalized spacial score (nSPS) is 10.7. The number of rotatable bonds is 4. The van der Waals surface area contributed by atoms with Crippen molar-refractivity contribution in [3.63, 3.8) is 0 Å². The Hall–Kier alpha value is -0.660. The van der Waals surface area contributed by atoms with Crippen molar-refractivity contribution in [2.45, 2.75) is 19.8 Å². The van der Waals surface area contributed by atoms with Gasteiger partial charge < -0.3 is 4.74 Å². The Labute approximate surface area is 133 Å². The first kappa shape index (κ1) is 14.7. The predicted molar refractivity (Wildman–Crippen MR) is 84.7 cm³/mol. The largest absolute Gasteiger partial charge is 0.495 e. The average Bonchev–Trinajstić information content (AvgIpc) is 2.72. The molecule has 0 aliphatic rings. The molecule has 7 heteroatoms. The number of methoxy groups -OCH3 is 1. The quantitative estimate of drug-likeness (QED) is 0.764. The van der Waals surface area contributed by atoms with Crippen LogP contribution in [-0.2, 0) is 6.42 Å². The van der Waals surface area contributed by atoms with Crippen LogP contribution in [0.1, 0.15) is 19.2 Å². The summed E-state index contributed by atoms with van der Waals surface area (Å²) in [4.78, 5) is 0. The lowest BCUT2D eigenvalue weighted by molar-refractivity contribution is 0.412. The average molecular weight is 407 g/mol. The molecule has 0 radical (unpaired) electrons. The highest BCUT2D eigenvalue weighted by Crippen LogP contribution is 2.34. The van der Waals surface area contributed by atoms with E-state index in [1.165, 1.54) is 0 Å². The Morgan fingerprint density at radius 3 is 2.74 bits per heavy atom. The van der Waals surface area contributed by atoms with Crippen LogP contribution in [-0.4, -0.2) is 21.9 Å². The summed E-state index contributed by atoms with van der Waals surface area (Å²) in [6.07, 6.45) is 1.86. The van der Waals surface area contributed by atoms with E-state index in [1.54, 1.807) is 7.11 Å². The second-order valence-corrected chi connectivity index (χ2v) is 6.06. The molecule has 102 valence electrons. The summed E-state index contributed by atoms with van der Waals surface area (Å²) in [6.45, 7) is 2.11. The monoisotopic (exact) mass is 405 g/mol. The minimum absolute atomic E-state index is 0.577. The molecule has 1 N–H and O–H groups in total. The lowest BCUT2D eigenvalue weighted by Gasteiger charge is -2.12. The van der Waals surface area contributed by atoms with Gasteiger partial charge in [0.1, 0.15) is 11.6 Å². The van der Waals surface area contributed by atoms with Crippen molar-refractivity contribution in [2.75, 3.05) is 7.11 Å². The zero-order chi connectivity index (χ0) is 14.0. The first-order valence-corrected chi connectivity index (χ1v) is 7.77. The van der Waals surface area contributed by atoms with Crippen molar-refractivity contribution >= 4 is 44.1 Å². The van der Waals surface area contributed by atoms with Gasteiger partial charge in [0.25, 0.3) is 0 Å². The van der Waals surface area contributed by atoms with Crippen LogP contribution in [0.15, 0.2) is 21.1 Å². The number of aromatic amines is 1. The summed E-state index contributed by atoms with van der Waals surface area (Å²) >= 11 is 12.3. The van der Waals surface area contributed by atoms with Gasteiger partial charge in [-0.3, -0.25) is 9.67 Å². The summed E-state index contributed by atoms with van der Waals surface area (Å²) < 4.78 is 9.65. The molecule has 2 rings (SSSR count). The minimum atomic E-state index is 0.577. The third-order valence-electron chi connectivity index (χ3n) is 2.68. The molecule has 0 unspecified atom stereocenters. The van der Waals surface area contributed by atoms with E-state index in [0.717, 1.165) is 39.0 Å². The number of H-pyrrole nitrogens is 1. The van der Waals surface area contributed by atoms with E-state index in [9.17, 15) is 0 Å². The zero-order valence-corrected chi connectivity index (χ0v) is 14.5. The number of halogens is 2. The fourth-order valence-electron chi connectivity index (χ4n) is 1.82. The van der Waals surface area contributed by atoms with Crippen LogP contribution < -0.4 is 4.74 Å². The van der Waals surface area contributed by atoms with Crippen LogP contribution in [0.3, 0.4) is 0 Å². The van der Waals surface area contributed by atoms with Gasteiger partial charge in [-0.05, 0) is 56.6 Å². The van der Waals surface area contributed by atoms with Crippen LogP contribution in [0.5, 0.6) is 5.75 Å². The van der Waals surface area contributed by atoms with E-state index in [4.69, 9.17) is 17.0 Å². The van der Waals surface area contributed by atoms with Crippen LogP contribution in [0.4, 0.5) is 0 Å². The molecule has 0 atom stereocenters. The number of hydrogen-bond acceptors (Lipinski definition) is 3.